The molecule has 0 saturated carbocycles. The number of H-pyrrole nitrogens is 1. The SMILES string of the molecule is CCC(C)CN(C)S(=O)(=O)c1n[nH]c(C)c1CNC(C)C. The summed E-state index contributed by atoms with van der Waals surface area (Å²) in [6, 6.07) is 0.285. The lowest BCUT2D eigenvalue weighted by molar-refractivity contribution is 0.391. The Morgan fingerprint density at radius 2 is 1.95 bits per heavy atom. The molecule has 1 rings (SSSR count). The maximum Gasteiger partial charge on any atom is 0.262 e. The van der Waals surface area contributed by atoms with Gasteiger partial charge in [0.2, 0.25) is 0 Å². The van der Waals surface area contributed by atoms with E-state index in [0.29, 0.717) is 19.0 Å². The second kappa shape index (κ2) is 7.38. The molecular weight excluding hydrogens is 288 g/mol. The first kappa shape index (κ1) is 18.1. The monoisotopic (exact) mass is 316 g/mol. The predicted octanol–water partition coefficient (Wildman–Crippen LogP) is 1.88. The molecule has 1 heterocycles. The second-order valence-electron chi connectivity index (χ2n) is 5.97. The molecule has 1 atom stereocenters. The van der Waals surface area contributed by atoms with Gasteiger partial charge in [0.15, 0.2) is 5.03 Å². The molecular formula is C14H28N4O2S. The smallest absolute Gasteiger partial charge is 0.262 e. The molecule has 6 nitrogen and oxygen atoms in total. The summed E-state index contributed by atoms with van der Waals surface area (Å²) in [5.74, 6) is 0.321. The molecule has 0 amide bonds. The van der Waals surface area contributed by atoms with Crippen LogP contribution in [0.3, 0.4) is 0 Å². The minimum atomic E-state index is -3.55. The van der Waals surface area contributed by atoms with Gasteiger partial charge in [-0.1, -0.05) is 34.1 Å². The van der Waals surface area contributed by atoms with Crippen LogP contribution in [0.15, 0.2) is 5.03 Å². The van der Waals surface area contributed by atoms with Gasteiger partial charge < -0.3 is 5.32 Å². The summed E-state index contributed by atoms with van der Waals surface area (Å²) in [7, 11) is -1.93. The number of nitrogens with one attached hydrogen (secondary N) is 2. The number of aromatic amines is 1. The van der Waals surface area contributed by atoms with E-state index in [9.17, 15) is 8.42 Å². The fraction of sp³-hybridized carbons (Fsp3) is 0.786. The summed E-state index contributed by atoms with van der Waals surface area (Å²) in [6.07, 6.45) is 0.946. The van der Waals surface area contributed by atoms with E-state index in [-0.39, 0.29) is 11.1 Å². The van der Waals surface area contributed by atoms with E-state index < -0.39 is 10.0 Å². The van der Waals surface area contributed by atoms with Crippen molar-refractivity contribution in [2.24, 2.45) is 5.92 Å². The molecule has 0 aromatic carbocycles. The first-order chi connectivity index (χ1) is 9.70. The van der Waals surface area contributed by atoms with E-state index in [1.807, 2.05) is 27.7 Å². The number of rotatable bonds is 8. The van der Waals surface area contributed by atoms with Crippen molar-refractivity contribution in [1.82, 2.24) is 19.8 Å². The Kier molecular flexibility index (Phi) is 6.37. The molecule has 0 fully saturated rings. The Morgan fingerprint density at radius 1 is 1.33 bits per heavy atom. The van der Waals surface area contributed by atoms with Crippen LogP contribution in [0.4, 0.5) is 0 Å². The summed E-state index contributed by atoms with van der Waals surface area (Å²) in [6.45, 7) is 11.0. The number of hydrogen-bond donors (Lipinski definition) is 2. The van der Waals surface area contributed by atoms with Crippen LogP contribution in [-0.4, -0.2) is 42.6 Å². The van der Waals surface area contributed by atoms with Crippen LogP contribution in [0.5, 0.6) is 0 Å². The maximum absolute atomic E-state index is 12.7. The standard InChI is InChI=1S/C14H28N4O2S/c1-7-11(4)9-18(6)21(19,20)14-13(8-15-10(2)3)12(5)16-17-14/h10-11,15H,7-9H2,1-6H3,(H,16,17). The summed E-state index contributed by atoms with van der Waals surface area (Å²) in [5.41, 5.74) is 1.51. The van der Waals surface area contributed by atoms with Gasteiger partial charge in [-0.25, -0.2) is 8.42 Å². The van der Waals surface area contributed by atoms with E-state index in [0.717, 1.165) is 17.7 Å². The number of nitrogens with zero attached hydrogens (tertiary/aromatic N) is 2. The van der Waals surface area contributed by atoms with Crippen LogP contribution >= 0.6 is 0 Å². The van der Waals surface area contributed by atoms with Crippen LogP contribution in [0.2, 0.25) is 0 Å². The molecule has 0 aliphatic rings. The molecule has 0 saturated heterocycles. The predicted molar refractivity (Wildman–Crippen MR) is 84.6 cm³/mol. The first-order valence-corrected chi connectivity index (χ1v) is 8.87. The van der Waals surface area contributed by atoms with Crippen molar-refractivity contribution >= 4 is 10.0 Å². The molecule has 122 valence electrons. The van der Waals surface area contributed by atoms with Crippen molar-refractivity contribution in [2.75, 3.05) is 13.6 Å². The van der Waals surface area contributed by atoms with Gasteiger partial charge in [0.05, 0.1) is 0 Å². The van der Waals surface area contributed by atoms with Crippen molar-refractivity contribution in [3.05, 3.63) is 11.3 Å². The minimum Gasteiger partial charge on any atom is -0.310 e. The number of sulfonamides is 1. The van der Waals surface area contributed by atoms with E-state index in [1.165, 1.54) is 4.31 Å². The van der Waals surface area contributed by atoms with Crippen LogP contribution in [0.25, 0.3) is 0 Å². The Hall–Kier alpha value is -0.920. The van der Waals surface area contributed by atoms with Gasteiger partial charge in [0.25, 0.3) is 10.0 Å². The van der Waals surface area contributed by atoms with E-state index in [1.54, 1.807) is 7.05 Å². The molecule has 1 aromatic rings. The molecule has 0 spiro atoms. The number of aryl methyl sites for hydroxylation is 1. The third-order valence-corrected chi connectivity index (χ3v) is 5.44. The zero-order chi connectivity index (χ0) is 16.2. The third kappa shape index (κ3) is 4.52. The molecule has 0 bridgehead atoms. The summed E-state index contributed by atoms with van der Waals surface area (Å²) >= 11 is 0. The van der Waals surface area contributed by atoms with E-state index in [2.05, 4.69) is 22.4 Å². The topological polar surface area (TPSA) is 78.1 Å². The van der Waals surface area contributed by atoms with Gasteiger partial charge in [-0.05, 0) is 12.8 Å². The molecule has 1 unspecified atom stereocenters. The van der Waals surface area contributed by atoms with E-state index in [4.69, 9.17) is 0 Å². The lowest BCUT2D eigenvalue weighted by Crippen LogP contribution is -2.32. The zero-order valence-corrected chi connectivity index (χ0v) is 14.7. The highest BCUT2D eigenvalue weighted by atomic mass is 32.2. The molecule has 2 N–H and O–H groups in total. The minimum absolute atomic E-state index is 0.138. The maximum atomic E-state index is 12.7. The van der Waals surface area contributed by atoms with Gasteiger partial charge in [-0.15, -0.1) is 0 Å². The lowest BCUT2D eigenvalue weighted by atomic mass is 10.1. The van der Waals surface area contributed by atoms with Crippen molar-refractivity contribution < 1.29 is 8.42 Å². The van der Waals surface area contributed by atoms with E-state index >= 15 is 0 Å². The van der Waals surface area contributed by atoms with Gasteiger partial charge in [0.1, 0.15) is 0 Å². The normalized spacial score (nSPS) is 14.1. The lowest BCUT2D eigenvalue weighted by Gasteiger charge is -2.20. The summed E-state index contributed by atoms with van der Waals surface area (Å²) in [5, 5.41) is 10.2. The molecule has 0 aliphatic heterocycles. The highest BCUT2D eigenvalue weighted by Gasteiger charge is 2.28. The molecule has 1 aromatic heterocycles. The van der Waals surface area contributed by atoms with Crippen LogP contribution in [0.1, 0.15) is 45.4 Å². The summed E-state index contributed by atoms with van der Waals surface area (Å²) in [4.78, 5) is 0. The molecule has 21 heavy (non-hydrogen) atoms. The third-order valence-electron chi connectivity index (χ3n) is 3.64. The Bertz CT molecular complexity index is 551. The summed E-state index contributed by atoms with van der Waals surface area (Å²) < 4.78 is 26.8. The molecule has 7 heteroatoms. The second-order valence-corrected chi connectivity index (χ2v) is 7.93. The Balaban J connectivity index is 3.03. The highest BCUT2D eigenvalue weighted by Crippen LogP contribution is 2.20. The molecule has 0 radical (unpaired) electrons. The van der Waals surface area contributed by atoms with Gasteiger partial charge in [0, 0.05) is 37.4 Å². The Labute approximate surface area is 128 Å². The van der Waals surface area contributed by atoms with Crippen LogP contribution in [0, 0.1) is 12.8 Å². The van der Waals surface area contributed by atoms with Crippen molar-refractivity contribution in [1.29, 1.82) is 0 Å². The van der Waals surface area contributed by atoms with Gasteiger partial charge >= 0.3 is 0 Å². The zero-order valence-electron chi connectivity index (χ0n) is 13.9. The van der Waals surface area contributed by atoms with Crippen molar-refractivity contribution in [3.63, 3.8) is 0 Å². The molecule has 0 aliphatic carbocycles. The average molecular weight is 316 g/mol. The quantitative estimate of drug-likeness (QED) is 0.767. The Morgan fingerprint density at radius 3 is 2.48 bits per heavy atom. The number of hydrogen-bond acceptors (Lipinski definition) is 4. The first-order valence-electron chi connectivity index (χ1n) is 7.43. The average Bonchev–Trinajstić information content (AvgIpc) is 2.77. The van der Waals surface area contributed by atoms with Crippen molar-refractivity contribution in [3.8, 4) is 0 Å². The highest BCUT2D eigenvalue weighted by molar-refractivity contribution is 7.89. The number of aromatic nitrogens is 2. The van der Waals surface area contributed by atoms with Gasteiger partial charge in [-0.3, -0.25) is 5.10 Å². The van der Waals surface area contributed by atoms with Crippen LogP contribution in [-0.2, 0) is 16.6 Å². The largest absolute Gasteiger partial charge is 0.310 e. The van der Waals surface area contributed by atoms with Crippen molar-refractivity contribution in [2.45, 2.75) is 58.7 Å². The van der Waals surface area contributed by atoms with Crippen LogP contribution < -0.4 is 5.32 Å². The van der Waals surface area contributed by atoms with Gasteiger partial charge in [-0.2, -0.15) is 9.40 Å². The fourth-order valence-corrected chi connectivity index (χ4v) is 3.42. The fourth-order valence-electron chi connectivity index (χ4n) is 1.97.